The Morgan fingerprint density at radius 1 is 1.02 bits per heavy atom. The molecule has 10 atom stereocenters. The lowest BCUT2D eigenvalue weighted by Gasteiger charge is -2.38. The van der Waals surface area contributed by atoms with Crippen LogP contribution in [-0.2, 0) is 54.2 Å². The highest BCUT2D eigenvalue weighted by Crippen LogP contribution is 2.61. The summed E-state index contributed by atoms with van der Waals surface area (Å²) < 4.78 is 65.1. The number of phosphoric acid groups is 3. The zero-order chi connectivity index (χ0) is 36.5. The molecule has 0 aliphatic carbocycles. The molecule has 4 heterocycles. The number of nitrogens with zero attached hydrogens (tertiary/aromatic N) is 2. The number of nitrogens with one attached hydrogen (secondary N) is 2. The lowest BCUT2D eigenvalue weighted by Crippen LogP contribution is -2.58. The number of aromatic nitrogens is 3. The first-order valence-electron chi connectivity index (χ1n) is 13.8. The van der Waals surface area contributed by atoms with Crippen LogP contribution >= 0.6 is 23.5 Å². The Morgan fingerprint density at radius 3 is 2.37 bits per heavy atom. The summed E-state index contributed by atoms with van der Waals surface area (Å²) in [7, 11) is -16.1. The highest BCUT2D eigenvalue weighted by Gasteiger charge is 2.48. The van der Waals surface area contributed by atoms with Gasteiger partial charge in [-0.15, -0.1) is 0 Å². The second-order valence-electron chi connectivity index (χ2n) is 10.6. The number of ether oxygens (including phenoxy) is 2. The van der Waals surface area contributed by atoms with Gasteiger partial charge in [-0.1, -0.05) is 0 Å². The van der Waals surface area contributed by atoms with Crippen molar-refractivity contribution in [1.82, 2.24) is 19.9 Å². The largest absolute Gasteiger partial charge is 0.506 e. The molecular weight excluding hydrogens is 733 g/mol. The average Bonchev–Trinajstić information content (AvgIpc) is 3.27. The van der Waals surface area contributed by atoms with Crippen LogP contribution in [0.4, 0.5) is 0 Å². The van der Waals surface area contributed by atoms with Crippen molar-refractivity contribution in [3.05, 3.63) is 56.1 Å². The van der Waals surface area contributed by atoms with Gasteiger partial charge in [0.2, 0.25) is 0 Å². The molecule has 276 valence electrons. The first-order chi connectivity index (χ1) is 22.7. The lowest BCUT2D eigenvalue weighted by molar-refractivity contribution is -0.222. The maximum absolute atomic E-state index is 12.5. The molecule has 27 heteroatoms. The van der Waals surface area contributed by atoms with Crippen molar-refractivity contribution in [3.8, 4) is 5.75 Å². The van der Waals surface area contributed by atoms with Crippen LogP contribution in [0, 0.1) is 6.92 Å². The number of hydrogen-bond donors (Lipinski definition) is 11. The Labute approximate surface area is 273 Å². The fraction of sp³-hybridized carbons (Fsp3) is 0.591. The first-order valence-corrected chi connectivity index (χ1v) is 18.3. The lowest BCUT2D eigenvalue weighted by atomic mass is 10.0. The van der Waals surface area contributed by atoms with Gasteiger partial charge in [0.05, 0.1) is 31.6 Å². The molecule has 0 spiro atoms. The van der Waals surface area contributed by atoms with E-state index in [9.17, 15) is 58.6 Å². The number of aliphatic hydroxyl groups is 4. The molecule has 2 aliphatic heterocycles. The molecule has 4 rings (SSSR count). The monoisotopic (exact) mass is 766 g/mol. The molecule has 2 aromatic heterocycles. The molecular formula is C22H33N4O20P3. The van der Waals surface area contributed by atoms with E-state index in [2.05, 4.69) is 28.2 Å². The molecule has 2 saturated heterocycles. The quantitative estimate of drug-likeness (QED) is 0.0837. The van der Waals surface area contributed by atoms with E-state index in [1.54, 1.807) is 0 Å². The molecule has 2 aliphatic rings. The van der Waals surface area contributed by atoms with Gasteiger partial charge < -0.3 is 59.9 Å². The maximum Gasteiger partial charge on any atom is 0.483 e. The van der Waals surface area contributed by atoms with Crippen LogP contribution in [0.3, 0.4) is 0 Å². The van der Waals surface area contributed by atoms with E-state index in [0.29, 0.717) is 0 Å². The predicted octanol–water partition coefficient (Wildman–Crippen LogP) is -3.34. The number of H-pyrrole nitrogens is 1. The average molecular weight is 766 g/mol. The molecule has 0 bridgehead atoms. The molecule has 0 amide bonds. The normalized spacial score (nSPS) is 30.1. The Kier molecular flexibility index (Phi) is 12.5. The third kappa shape index (κ3) is 10.2. The predicted molar refractivity (Wildman–Crippen MR) is 155 cm³/mol. The Hall–Kier alpha value is -2.28. The number of aryl methyl sites for hydroxylation is 1. The molecule has 2 unspecified atom stereocenters. The maximum atomic E-state index is 12.5. The highest BCUT2D eigenvalue weighted by atomic mass is 31.3. The van der Waals surface area contributed by atoms with E-state index < -0.39 is 104 Å². The standard InChI is InChI=1S/C22H33N4O20P3/c1-9-15(28)11(10(4-23-9)6-42-47(34,35)36)5-24-12-7-41-21(19(32)16(12)29)45-49(39,40)46-48(37,38)43-8-13-17(30)18(31)20(44-13)26-3-2-14(27)25-22(26)33/h2-4,12-13,16-21,24,28-32H,5-8H2,1H3,(H,37,38)(H,39,40)(H,25,27,33)(H2,34,35,36)/t12-,13+,16-,17+,18+,19+,20+,21+/m0/s1. The van der Waals surface area contributed by atoms with E-state index in [-0.39, 0.29) is 29.1 Å². The minimum absolute atomic E-state index is 0.0650. The van der Waals surface area contributed by atoms with Crippen LogP contribution in [0.15, 0.2) is 28.0 Å². The van der Waals surface area contributed by atoms with Gasteiger partial charge in [0.1, 0.15) is 36.3 Å². The van der Waals surface area contributed by atoms with Gasteiger partial charge in [-0.05, 0) is 6.92 Å². The van der Waals surface area contributed by atoms with E-state index in [4.69, 9.17) is 19.3 Å². The molecule has 11 N–H and O–H groups in total. The number of pyridine rings is 1. The van der Waals surface area contributed by atoms with Crippen LogP contribution in [0.25, 0.3) is 0 Å². The van der Waals surface area contributed by atoms with Gasteiger partial charge in [0, 0.05) is 36.1 Å². The minimum Gasteiger partial charge on any atom is -0.506 e. The molecule has 0 aromatic carbocycles. The van der Waals surface area contributed by atoms with E-state index in [0.717, 1.165) is 16.8 Å². The summed E-state index contributed by atoms with van der Waals surface area (Å²) in [6.07, 6.45) is -10.6. The van der Waals surface area contributed by atoms with Gasteiger partial charge in [-0.25, -0.2) is 18.5 Å². The number of phosphoric ester groups is 3. The van der Waals surface area contributed by atoms with Gasteiger partial charge in [-0.2, -0.15) is 4.31 Å². The van der Waals surface area contributed by atoms with Crippen LogP contribution in [0.1, 0.15) is 23.0 Å². The van der Waals surface area contributed by atoms with E-state index >= 15 is 0 Å². The van der Waals surface area contributed by atoms with Crippen molar-refractivity contribution >= 4 is 23.5 Å². The van der Waals surface area contributed by atoms with Crippen LogP contribution in [-0.4, -0.2) is 116 Å². The van der Waals surface area contributed by atoms with Gasteiger partial charge >= 0.3 is 29.2 Å². The summed E-state index contributed by atoms with van der Waals surface area (Å²) in [5.41, 5.74) is -1.50. The summed E-state index contributed by atoms with van der Waals surface area (Å²) in [6, 6.07) is -0.222. The van der Waals surface area contributed by atoms with Crippen molar-refractivity contribution in [2.45, 2.75) is 69.2 Å². The summed E-state index contributed by atoms with van der Waals surface area (Å²) in [5, 5.41) is 54.7. The number of aliphatic hydroxyl groups excluding tert-OH is 4. The van der Waals surface area contributed by atoms with Crippen LogP contribution in [0.5, 0.6) is 5.75 Å². The van der Waals surface area contributed by atoms with Crippen molar-refractivity contribution in [3.63, 3.8) is 0 Å². The van der Waals surface area contributed by atoms with Gasteiger partial charge in [-0.3, -0.25) is 32.9 Å². The van der Waals surface area contributed by atoms with Crippen molar-refractivity contribution in [1.29, 1.82) is 0 Å². The highest BCUT2D eigenvalue weighted by molar-refractivity contribution is 7.61. The zero-order valence-electron chi connectivity index (χ0n) is 24.9. The third-order valence-electron chi connectivity index (χ3n) is 7.15. The summed E-state index contributed by atoms with van der Waals surface area (Å²) in [4.78, 5) is 67.1. The minimum atomic E-state index is -5.63. The van der Waals surface area contributed by atoms with Crippen molar-refractivity contribution in [2.24, 2.45) is 0 Å². The Bertz CT molecular complexity index is 1750. The second-order valence-corrected chi connectivity index (χ2v) is 14.8. The number of rotatable bonds is 14. The third-order valence-corrected chi connectivity index (χ3v) is 10.2. The number of hydrogen-bond acceptors (Lipinski definition) is 18. The van der Waals surface area contributed by atoms with Crippen LogP contribution in [0.2, 0.25) is 0 Å². The van der Waals surface area contributed by atoms with Gasteiger partial charge in [0.25, 0.3) is 5.56 Å². The molecule has 2 fully saturated rings. The van der Waals surface area contributed by atoms with Gasteiger partial charge in [0.15, 0.2) is 12.5 Å². The second kappa shape index (κ2) is 15.5. The fourth-order valence-electron chi connectivity index (χ4n) is 4.66. The smallest absolute Gasteiger partial charge is 0.483 e. The first kappa shape index (κ1) is 39.5. The molecule has 0 saturated carbocycles. The van der Waals surface area contributed by atoms with E-state index in [1.165, 1.54) is 13.1 Å². The van der Waals surface area contributed by atoms with Crippen molar-refractivity contribution < 1.29 is 86.2 Å². The molecule has 2 aromatic rings. The van der Waals surface area contributed by atoms with E-state index in [1.807, 2.05) is 4.98 Å². The molecule has 24 nitrogen and oxygen atoms in total. The Morgan fingerprint density at radius 2 is 1.71 bits per heavy atom. The molecule has 0 radical (unpaired) electrons. The summed E-state index contributed by atoms with van der Waals surface area (Å²) in [5.74, 6) is -0.365. The fourth-order valence-corrected chi connectivity index (χ4v) is 7.13. The van der Waals surface area contributed by atoms with Crippen LogP contribution < -0.4 is 16.6 Å². The molecule has 49 heavy (non-hydrogen) atoms. The number of aromatic hydroxyl groups is 1. The SMILES string of the molecule is Cc1ncc(COP(=O)(O)O)c(CN[C@H]2CO[C@H](OP(=O)(O)OP(=O)(O)OC[C@H]3O[C@@H](n4ccc(=O)[nH]c4=O)[C@H](O)[C@@H]3O)[C@H](O)[C@H]2O)c1O. The topological polar surface area (TPSA) is 368 Å². The summed E-state index contributed by atoms with van der Waals surface area (Å²) in [6.45, 7) is -1.08. The Balaban J connectivity index is 1.31. The number of aromatic amines is 1. The zero-order valence-corrected chi connectivity index (χ0v) is 27.6. The van der Waals surface area contributed by atoms with Crippen molar-refractivity contribution in [2.75, 3.05) is 13.2 Å². The summed E-state index contributed by atoms with van der Waals surface area (Å²) >= 11 is 0.